The molecule has 4 nitrogen and oxygen atoms in total. The first-order chi connectivity index (χ1) is 10.9. The number of carbonyl (C=O) groups is 1. The van der Waals surface area contributed by atoms with Gasteiger partial charge in [0, 0.05) is 13.1 Å². The maximum absolute atomic E-state index is 12.5. The zero-order valence-corrected chi connectivity index (χ0v) is 14.3. The minimum Gasteiger partial charge on any atom is -0.484 e. The highest BCUT2D eigenvalue weighted by Gasteiger charge is 2.30. The van der Waals surface area contributed by atoms with Crippen molar-refractivity contribution < 1.29 is 22.7 Å². The van der Waals surface area contributed by atoms with E-state index in [0.717, 1.165) is 31.5 Å². The fourth-order valence-electron chi connectivity index (χ4n) is 2.72. The van der Waals surface area contributed by atoms with Crippen LogP contribution in [0.25, 0.3) is 0 Å². The van der Waals surface area contributed by atoms with Crippen molar-refractivity contribution in [3.63, 3.8) is 0 Å². The molecule has 0 aliphatic carbocycles. The van der Waals surface area contributed by atoms with E-state index in [2.05, 4.69) is 5.32 Å². The first kappa shape index (κ1) is 20.6. The summed E-state index contributed by atoms with van der Waals surface area (Å²) in [6.45, 7) is 2.10. The van der Waals surface area contributed by atoms with Gasteiger partial charge in [0.25, 0.3) is 5.91 Å². The van der Waals surface area contributed by atoms with Gasteiger partial charge in [0.05, 0.1) is 5.56 Å². The number of nitrogens with zero attached hydrogens (tertiary/aromatic N) is 1. The SMILES string of the molecule is CNCC1CCCN(C(=O)COc2ccc(C(F)(F)F)cc2)C1.Cl. The van der Waals surface area contributed by atoms with Crippen molar-refractivity contribution in [1.82, 2.24) is 10.2 Å². The monoisotopic (exact) mass is 366 g/mol. The summed E-state index contributed by atoms with van der Waals surface area (Å²) in [5, 5.41) is 3.11. The summed E-state index contributed by atoms with van der Waals surface area (Å²) in [4.78, 5) is 13.9. The summed E-state index contributed by atoms with van der Waals surface area (Å²) < 4.78 is 42.7. The summed E-state index contributed by atoms with van der Waals surface area (Å²) in [6, 6.07) is 4.36. The van der Waals surface area contributed by atoms with Gasteiger partial charge in [-0.1, -0.05) is 0 Å². The molecule has 1 aliphatic rings. The first-order valence-corrected chi connectivity index (χ1v) is 7.62. The van der Waals surface area contributed by atoms with Gasteiger partial charge in [-0.25, -0.2) is 0 Å². The van der Waals surface area contributed by atoms with Gasteiger partial charge in [-0.2, -0.15) is 13.2 Å². The molecule has 0 saturated carbocycles. The molecule has 1 atom stereocenters. The van der Waals surface area contributed by atoms with Crippen LogP contribution in [0, 0.1) is 5.92 Å². The van der Waals surface area contributed by atoms with Crippen molar-refractivity contribution in [1.29, 1.82) is 0 Å². The van der Waals surface area contributed by atoms with Crippen LogP contribution in [0.1, 0.15) is 18.4 Å². The lowest BCUT2D eigenvalue weighted by molar-refractivity contribution is -0.138. The van der Waals surface area contributed by atoms with E-state index >= 15 is 0 Å². The second-order valence-electron chi connectivity index (χ2n) is 5.72. The largest absolute Gasteiger partial charge is 0.484 e. The molecule has 1 aromatic rings. The van der Waals surface area contributed by atoms with E-state index in [1.54, 1.807) is 4.90 Å². The molecule has 1 aromatic carbocycles. The standard InChI is InChI=1S/C16H21F3N2O2.ClH/c1-20-9-12-3-2-8-21(10-12)15(22)11-23-14-6-4-13(5-7-14)16(17,18)19;/h4-7,12,20H,2-3,8-11H2,1H3;1H. The fraction of sp³-hybridized carbons (Fsp3) is 0.562. The summed E-state index contributed by atoms with van der Waals surface area (Å²) in [6.07, 6.45) is -2.33. The van der Waals surface area contributed by atoms with Crippen LogP contribution >= 0.6 is 12.4 Å². The van der Waals surface area contributed by atoms with E-state index in [-0.39, 0.29) is 30.7 Å². The molecular formula is C16H22ClF3N2O2. The van der Waals surface area contributed by atoms with Gasteiger partial charge in [-0.3, -0.25) is 4.79 Å². The minimum absolute atomic E-state index is 0. The number of likely N-dealkylation sites (tertiary alicyclic amines) is 1. The average molecular weight is 367 g/mol. The summed E-state index contributed by atoms with van der Waals surface area (Å²) >= 11 is 0. The number of benzene rings is 1. The lowest BCUT2D eigenvalue weighted by atomic mass is 9.98. The van der Waals surface area contributed by atoms with Crippen LogP contribution in [0.3, 0.4) is 0 Å². The van der Waals surface area contributed by atoms with Crippen LogP contribution in [-0.2, 0) is 11.0 Å². The van der Waals surface area contributed by atoms with Gasteiger partial charge in [-0.15, -0.1) is 12.4 Å². The van der Waals surface area contributed by atoms with Gasteiger partial charge in [-0.05, 0) is 56.6 Å². The highest BCUT2D eigenvalue weighted by Crippen LogP contribution is 2.30. The Labute approximate surface area is 145 Å². The van der Waals surface area contributed by atoms with E-state index < -0.39 is 11.7 Å². The summed E-state index contributed by atoms with van der Waals surface area (Å²) in [5.41, 5.74) is -0.734. The van der Waals surface area contributed by atoms with Gasteiger partial charge in [0.15, 0.2) is 6.61 Å². The molecule has 24 heavy (non-hydrogen) atoms. The molecule has 1 saturated heterocycles. The molecular weight excluding hydrogens is 345 g/mol. The smallest absolute Gasteiger partial charge is 0.416 e. The molecule has 1 unspecified atom stereocenters. The number of amides is 1. The highest BCUT2D eigenvalue weighted by molar-refractivity contribution is 5.85. The molecule has 0 bridgehead atoms. The van der Waals surface area contributed by atoms with Crippen LogP contribution in [0.4, 0.5) is 13.2 Å². The van der Waals surface area contributed by atoms with Gasteiger partial charge >= 0.3 is 6.18 Å². The number of nitrogens with one attached hydrogen (secondary N) is 1. The number of hydrogen-bond acceptors (Lipinski definition) is 3. The molecule has 1 aliphatic heterocycles. The Morgan fingerprint density at radius 3 is 2.58 bits per heavy atom. The number of ether oxygens (including phenoxy) is 1. The average Bonchev–Trinajstić information content (AvgIpc) is 2.53. The van der Waals surface area contributed by atoms with Crippen LogP contribution < -0.4 is 10.1 Å². The van der Waals surface area contributed by atoms with E-state index in [0.29, 0.717) is 19.0 Å². The molecule has 1 amide bonds. The summed E-state index contributed by atoms with van der Waals surface area (Å²) in [5.74, 6) is 0.560. The van der Waals surface area contributed by atoms with Crippen LogP contribution in [0.15, 0.2) is 24.3 Å². The second-order valence-corrected chi connectivity index (χ2v) is 5.72. The molecule has 2 rings (SSSR count). The molecule has 1 heterocycles. The Hall–Kier alpha value is -1.47. The molecule has 0 radical (unpaired) electrons. The first-order valence-electron chi connectivity index (χ1n) is 7.62. The predicted molar refractivity (Wildman–Crippen MR) is 87.4 cm³/mol. The molecule has 1 N–H and O–H groups in total. The molecule has 8 heteroatoms. The zero-order chi connectivity index (χ0) is 16.9. The third-order valence-corrected chi connectivity index (χ3v) is 3.91. The zero-order valence-electron chi connectivity index (χ0n) is 13.4. The second kappa shape index (κ2) is 9.13. The molecule has 0 spiro atoms. The summed E-state index contributed by atoms with van der Waals surface area (Å²) in [7, 11) is 1.88. The van der Waals surface area contributed by atoms with Crippen LogP contribution in [0.5, 0.6) is 5.75 Å². The van der Waals surface area contributed by atoms with Crippen molar-refractivity contribution in [2.75, 3.05) is 33.3 Å². The topological polar surface area (TPSA) is 41.6 Å². The van der Waals surface area contributed by atoms with Crippen molar-refractivity contribution >= 4 is 18.3 Å². The maximum Gasteiger partial charge on any atom is 0.416 e. The van der Waals surface area contributed by atoms with Crippen molar-refractivity contribution in [3.05, 3.63) is 29.8 Å². The fourth-order valence-corrected chi connectivity index (χ4v) is 2.72. The van der Waals surface area contributed by atoms with Crippen molar-refractivity contribution in [2.45, 2.75) is 19.0 Å². The third kappa shape index (κ3) is 5.87. The lowest BCUT2D eigenvalue weighted by Gasteiger charge is -2.32. The molecule has 136 valence electrons. The Morgan fingerprint density at radius 2 is 2.00 bits per heavy atom. The van der Waals surface area contributed by atoms with Crippen LogP contribution in [0.2, 0.25) is 0 Å². The third-order valence-electron chi connectivity index (χ3n) is 3.91. The predicted octanol–water partition coefficient (Wildman–Crippen LogP) is 2.96. The molecule has 0 aromatic heterocycles. The number of rotatable bonds is 5. The van der Waals surface area contributed by atoms with Crippen molar-refractivity contribution in [2.24, 2.45) is 5.92 Å². The Morgan fingerprint density at radius 1 is 1.33 bits per heavy atom. The van der Waals surface area contributed by atoms with Gasteiger partial charge in [0.1, 0.15) is 5.75 Å². The highest BCUT2D eigenvalue weighted by atomic mass is 35.5. The molecule has 1 fully saturated rings. The van der Waals surface area contributed by atoms with E-state index in [4.69, 9.17) is 4.74 Å². The lowest BCUT2D eigenvalue weighted by Crippen LogP contribution is -2.44. The number of hydrogen-bond donors (Lipinski definition) is 1. The van der Waals surface area contributed by atoms with Gasteiger partial charge < -0.3 is 15.0 Å². The number of halogens is 4. The number of alkyl halides is 3. The maximum atomic E-state index is 12.5. The quantitative estimate of drug-likeness (QED) is 0.871. The number of piperidine rings is 1. The normalized spacial score (nSPS) is 18.0. The Bertz CT molecular complexity index is 521. The van der Waals surface area contributed by atoms with Crippen LogP contribution in [-0.4, -0.2) is 44.1 Å². The minimum atomic E-state index is -4.37. The van der Waals surface area contributed by atoms with E-state index in [1.165, 1.54) is 12.1 Å². The van der Waals surface area contributed by atoms with Gasteiger partial charge in [0.2, 0.25) is 0 Å². The number of carbonyl (C=O) groups excluding carboxylic acids is 1. The Kier molecular flexibility index (Phi) is 7.83. The van der Waals surface area contributed by atoms with Crippen molar-refractivity contribution in [3.8, 4) is 5.75 Å². The van der Waals surface area contributed by atoms with E-state index in [9.17, 15) is 18.0 Å². The van der Waals surface area contributed by atoms with E-state index in [1.807, 2.05) is 7.05 Å². The Balaban J connectivity index is 0.00000288.